The van der Waals surface area contributed by atoms with E-state index in [1.165, 1.54) is 11.1 Å². The Morgan fingerprint density at radius 2 is 2.00 bits per heavy atom. The number of nitrogens with zero attached hydrogens (tertiary/aromatic N) is 1. The lowest BCUT2D eigenvalue weighted by Crippen LogP contribution is -2.24. The van der Waals surface area contributed by atoms with Crippen molar-refractivity contribution < 1.29 is 0 Å². The molecule has 0 aliphatic rings. The van der Waals surface area contributed by atoms with Crippen LogP contribution in [0.4, 0.5) is 0 Å². The predicted molar refractivity (Wildman–Crippen MR) is 83.6 cm³/mol. The van der Waals surface area contributed by atoms with Crippen molar-refractivity contribution in [3.8, 4) is 0 Å². The number of hydrogen-bond acceptors (Lipinski definition) is 2. The van der Waals surface area contributed by atoms with Crippen molar-refractivity contribution in [3.05, 3.63) is 58.3 Å². The van der Waals surface area contributed by atoms with E-state index in [0.29, 0.717) is 5.92 Å². The number of halogens is 1. The summed E-state index contributed by atoms with van der Waals surface area (Å²) in [6.45, 7) is 2.10. The lowest BCUT2D eigenvalue weighted by molar-refractivity contribution is 0.312. The molecule has 0 spiro atoms. The zero-order valence-corrected chi connectivity index (χ0v) is 13.0. The molecule has 3 heteroatoms. The molecular weight excluding hydrogens is 306 g/mol. The summed E-state index contributed by atoms with van der Waals surface area (Å²) in [7, 11) is 2.19. The average Bonchev–Trinajstić information content (AvgIpc) is 2.90. The molecule has 0 radical (unpaired) electrons. The first-order chi connectivity index (χ1) is 8.79. The van der Waals surface area contributed by atoms with Crippen LogP contribution < -0.4 is 0 Å². The van der Waals surface area contributed by atoms with Gasteiger partial charge < -0.3 is 4.90 Å². The first kappa shape index (κ1) is 13.8. The normalized spacial score (nSPS) is 12.8. The highest BCUT2D eigenvalue weighted by Gasteiger charge is 2.12. The van der Waals surface area contributed by atoms with Gasteiger partial charge in [-0.15, -0.1) is 0 Å². The SMILES string of the molecule is CN(Cc1ccsc1)CC(CBr)c1ccccc1. The number of thiophene rings is 1. The lowest BCUT2D eigenvalue weighted by Gasteiger charge is -2.22. The summed E-state index contributed by atoms with van der Waals surface area (Å²) in [4.78, 5) is 2.39. The fraction of sp³-hybridized carbons (Fsp3) is 0.333. The van der Waals surface area contributed by atoms with Gasteiger partial charge in [-0.05, 0) is 35.0 Å². The molecule has 0 N–H and O–H groups in total. The Balaban J connectivity index is 1.94. The first-order valence-electron chi connectivity index (χ1n) is 6.10. The molecule has 1 nitrogen and oxygen atoms in total. The Labute approximate surface area is 122 Å². The molecule has 96 valence electrons. The Morgan fingerprint density at radius 1 is 1.22 bits per heavy atom. The van der Waals surface area contributed by atoms with E-state index in [4.69, 9.17) is 0 Å². The molecule has 0 amide bonds. The standard InChI is InChI=1S/C15H18BrNS/c1-17(10-13-7-8-18-12-13)11-15(9-16)14-5-3-2-4-6-14/h2-8,12,15H,9-11H2,1H3. The average molecular weight is 324 g/mol. The van der Waals surface area contributed by atoms with Crippen LogP contribution in [0.3, 0.4) is 0 Å². The molecule has 0 aliphatic carbocycles. The summed E-state index contributed by atoms with van der Waals surface area (Å²) in [6, 6.07) is 12.9. The molecule has 0 fully saturated rings. The molecular formula is C15H18BrNS. The van der Waals surface area contributed by atoms with Crippen molar-refractivity contribution in [2.45, 2.75) is 12.5 Å². The number of rotatable bonds is 6. The van der Waals surface area contributed by atoms with Gasteiger partial charge in [0.1, 0.15) is 0 Å². The van der Waals surface area contributed by atoms with Gasteiger partial charge in [0, 0.05) is 24.3 Å². The van der Waals surface area contributed by atoms with Gasteiger partial charge in [-0.25, -0.2) is 0 Å². The molecule has 1 aromatic heterocycles. The number of likely N-dealkylation sites (N-methyl/N-ethyl adjacent to an activating group) is 1. The minimum Gasteiger partial charge on any atom is -0.301 e. The second-order valence-electron chi connectivity index (χ2n) is 4.59. The van der Waals surface area contributed by atoms with Gasteiger partial charge in [-0.1, -0.05) is 46.3 Å². The maximum atomic E-state index is 3.63. The Morgan fingerprint density at radius 3 is 2.61 bits per heavy atom. The highest BCUT2D eigenvalue weighted by molar-refractivity contribution is 9.09. The minimum atomic E-state index is 0.551. The van der Waals surface area contributed by atoms with Crippen molar-refractivity contribution in [2.24, 2.45) is 0 Å². The highest BCUT2D eigenvalue weighted by Crippen LogP contribution is 2.20. The van der Waals surface area contributed by atoms with Crippen molar-refractivity contribution in [1.29, 1.82) is 0 Å². The van der Waals surface area contributed by atoms with E-state index in [0.717, 1.165) is 18.4 Å². The fourth-order valence-electron chi connectivity index (χ4n) is 2.10. The summed E-state index contributed by atoms with van der Waals surface area (Å²) in [5.74, 6) is 0.551. The van der Waals surface area contributed by atoms with E-state index in [1.54, 1.807) is 11.3 Å². The monoisotopic (exact) mass is 323 g/mol. The molecule has 1 atom stereocenters. The van der Waals surface area contributed by atoms with Gasteiger partial charge in [0.05, 0.1) is 0 Å². The Bertz CT molecular complexity index is 441. The second-order valence-corrected chi connectivity index (χ2v) is 6.02. The topological polar surface area (TPSA) is 3.24 Å². The van der Waals surface area contributed by atoms with E-state index in [1.807, 2.05) is 0 Å². The van der Waals surface area contributed by atoms with Crippen LogP contribution in [0, 0.1) is 0 Å². The summed E-state index contributed by atoms with van der Waals surface area (Å²) in [5, 5.41) is 5.37. The van der Waals surface area contributed by atoms with Crippen molar-refractivity contribution in [2.75, 3.05) is 18.9 Å². The molecule has 0 saturated heterocycles. The van der Waals surface area contributed by atoms with Crippen LogP contribution in [0.25, 0.3) is 0 Å². The van der Waals surface area contributed by atoms with E-state index in [2.05, 4.69) is 75.0 Å². The van der Waals surface area contributed by atoms with E-state index in [9.17, 15) is 0 Å². The smallest absolute Gasteiger partial charge is 0.0239 e. The molecule has 1 unspecified atom stereocenters. The van der Waals surface area contributed by atoms with Gasteiger partial charge in [0.25, 0.3) is 0 Å². The summed E-state index contributed by atoms with van der Waals surface area (Å²) < 4.78 is 0. The van der Waals surface area contributed by atoms with E-state index >= 15 is 0 Å². The van der Waals surface area contributed by atoms with Gasteiger partial charge in [-0.3, -0.25) is 0 Å². The molecule has 0 aliphatic heterocycles. The Kier molecular flexibility index (Phi) is 5.42. The minimum absolute atomic E-state index is 0.551. The molecule has 2 aromatic rings. The van der Waals surface area contributed by atoms with Crippen LogP contribution in [0.5, 0.6) is 0 Å². The Hall–Kier alpha value is -0.640. The zero-order valence-electron chi connectivity index (χ0n) is 10.6. The molecule has 18 heavy (non-hydrogen) atoms. The third-order valence-corrected chi connectivity index (χ3v) is 4.54. The van der Waals surface area contributed by atoms with Crippen LogP contribution in [0.1, 0.15) is 17.0 Å². The first-order valence-corrected chi connectivity index (χ1v) is 8.16. The molecule has 0 bridgehead atoms. The predicted octanol–water partition coefficient (Wildman–Crippen LogP) is 4.36. The third kappa shape index (κ3) is 3.94. The van der Waals surface area contributed by atoms with Gasteiger partial charge in [0.2, 0.25) is 0 Å². The summed E-state index contributed by atoms with van der Waals surface area (Å²) >= 11 is 5.40. The zero-order chi connectivity index (χ0) is 12.8. The molecule has 0 saturated carbocycles. The maximum absolute atomic E-state index is 3.63. The largest absolute Gasteiger partial charge is 0.301 e. The third-order valence-electron chi connectivity index (χ3n) is 3.02. The summed E-state index contributed by atoms with van der Waals surface area (Å²) in [5.41, 5.74) is 2.82. The van der Waals surface area contributed by atoms with Crippen LogP contribution in [-0.4, -0.2) is 23.8 Å². The summed E-state index contributed by atoms with van der Waals surface area (Å²) in [6.07, 6.45) is 0. The second kappa shape index (κ2) is 7.07. The molecule has 1 heterocycles. The van der Waals surface area contributed by atoms with Gasteiger partial charge in [-0.2, -0.15) is 11.3 Å². The van der Waals surface area contributed by atoms with Gasteiger partial charge >= 0.3 is 0 Å². The highest BCUT2D eigenvalue weighted by atomic mass is 79.9. The van der Waals surface area contributed by atoms with Crippen molar-refractivity contribution in [1.82, 2.24) is 4.90 Å². The maximum Gasteiger partial charge on any atom is 0.0239 e. The van der Waals surface area contributed by atoms with E-state index < -0.39 is 0 Å². The van der Waals surface area contributed by atoms with E-state index in [-0.39, 0.29) is 0 Å². The number of hydrogen-bond donors (Lipinski definition) is 0. The number of benzene rings is 1. The molecule has 1 aromatic carbocycles. The fourth-order valence-corrected chi connectivity index (χ4v) is 3.34. The lowest BCUT2D eigenvalue weighted by atomic mass is 10.0. The van der Waals surface area contributed by atoms with Gasteiger partial charge in [0.15, 0.2) is 0 Å². The van der Waals surface area contributed by atoms with Crippen LogP contribution in [-0.2, 0) is 6.54 Å². The van der Waals surface area contributed by atoms with Crippen LogP contribution >= 0.6 is 27.3 Å². The molecule has 2 rings (SSSR count). The quantitative estimate of drug-likeness (QED) is 0.714. The number of alkyl halides is 1. The van der Waals surface area contributed by atoms with Crippen molar-refractivity contribution in [3.63, 3.8) is 0 Å². The van der Waals surface area contributed by atoms with Crippen LogP contribution in [0.2, 0.25) is 0 Å². The van der Waals surface area contributed by atoms with Crippen LogP contribution in [0.15, 0.2) is 47.2 Å². The van der Waals surface area contributed by atoms with Crippen molar-refractivity contribution >= 4 is 27.3 Å².